The SMILES string of the molecule is Cc1cccc(NC(=O)CSc2cccc(NC(=O)/C(=C\c3ccc(Cl)cc3Cl)NC(=O)c3ccccc3)c2)c1C. The quantitative estimate of drug-likeness (QED) is 0.135. The van der Waals surface area contributed by atoms with E-state index in [-0.39, 0.29) is 17.4 Å². The predicted octanol–water partition coefficient (Wildman–Crippen LogP) is 7.75. The molecule has 0 fully saturated rings. The maximum atomic E-state index is 13.4. The second-order valence-electron chi connectivity index (χ2n) is 9.11. The van der Waals surface area contributed by atoms with Gasteiger partial charge in [-0.3, -0.25) is 14.4 Å². The van der Waals surface area contributed by atoms with Gasteiger partial charge in [0.1, 0.15) is 5.70 Å². The highest BCUT2D eigenvalue weighted by Crippen LogP contribution is 2.25. The number of amides is 3. The summed E-state index contributed by atoms with van der Waals surface area (Å²) in [5, 5.41) is 9.24. The molecule has 0 aromatic heterocycles. The Kier molecular flexibility index (Phi) is 10.2. The number of carbonyl (C=O) groups excluding carboxylic acids is 3. The van der Waals surface area contributed by atoms with Gasteiger partial charge in [-0.05, 0) is 85.1 Å². The summed E-state index contributed by atoms with van der Waals surface area (Å²) in [6.07, 6.45) is 1.49. The molecule has 0 aliphatic rings. The van der Waals surface area contributed by atoms with E-state index in [1.165, 1.54) is 17.8 Å². The molecule has 0 aliphatic heterocycles. The van der Waals surface area contributed by atoms with Crippen LogP contribution in [-0.2, 0) is 9.59 Å². The van der Waals surface area contributed by atoms with Crippen LogP contribution in [0.4, 0.5) is 11.4 Å². The van der Waals surface area contributed by atoms with Crippen molar-refractivity contribution >= 4 is 70.1 Å². The lowest BCUT2D eigenvalue weighted by molar-refractivity contribution is -0.114. The Morgan fingerprint density at radius 1 is 0.829 bits per heavy atom. The van der Waals surface area contributed by atoms with Crippen LogP contribution in [0, 0.1) is 13.8 Å². The lowest BCUT2D eigenvalue weighted by Gasteiger charge is -2.13. The first kappa shape index (κ1) is 29.9. The number of hydrogen-bond acceptors (Lipinski definition) is 4. The lowest BCUT2D eigenvalue weighted by Crippen LogP contribution is -2.30. The van der Waals surface area contributed by atoms with Gasteiger partial charge in [-0.15, -0.1) is 11.8 Å². The first-order chi connectivity index (χ1) is 19.7. The molecular weight excluding hydrogens is 577 g/mol. The first-order valence-corrected chi connectivity index (χ1v) is 14.4. The molecule has 4 rings (SSSR count). The highest BCUT2D eigenvalue weighted by Gasteiger charge is 2.16. The Morgan fingerprint density at radius 2 is 1.59 bits per heavy atom. The smallest absolute Gasteiger partial charge is 0.272 e. The maximum Gasteiger partial charge on any atom is 0.272 e. The van der Waals surface area contributed by atoms with E-state index in [9.17, 15) is 14.4 Å². The topological polar surface area (TPSA) is 87.3 Å². The molecule has 41 heavy (non-hydrogen) atoms. The zero-order valence-electron chi connectivity index (χ0n) is 22.3. The normalized spacial score (nSPS) is 11.1. The van der Waals surface area contributed by atoms with Gasteiger partial charge in [0.25, 0.3) is 11.8 Å². The fourth-order valence-electron chi connectivity index (χ4n) is 3.80. The van der Waals surface area contributed by atoms with Crippen LogP contribution in [0.3, 0.4) is 0 Å². The number of aryl methyl sites for hydroxylation is 1. The van der Waals surface area contributed by atoms with E-state index in [0.29, 0.717) is 26.9 Å². The Hall–Kier alpha value is -4.04. The van der Waals surface area contributed by atoms with Crippen molar-refractivity contribution in [3.63, 3.8) is 0 Å². The minimum absolute atomic E-state index is 0.00552. The summed E-state index contributed by atoms with van der Waals surface area (Å²) in [4.78, 5) is 39.6. The number of anilines is 2. The molecule has 0 unspecified atom stereocenters. The predicted molar refractivity (Wildman–Crippen MR) is 169 cm³/mol. The molecule has 9 heteroatoms. The summed E-state index contributed by atoms with van der Waals surface area (Å²) in [6, 6.07) is 26.3. The van der Waals surface area contributed by atoms with Crippen molar-refractivity contribution in [3.05, 3.63) is 129 Å². The number of benzene rings is 4. The highest BCUT2D eigenvalue weighted by atomic mass is 35.5. The van der Waals surface area contributed by atoms with Gasteiger partial charge in [-0.2, -0.15) is 0 Å². The molecule has 0 spiro atoms. The molecule has 4 aromatic carbocycles. The van der Waals surface area contributed by atoms with Crippen LogP contribution < -0.4 is 16.0 Å². The molecular formula is C32H27Cl2N3O3S. The van der Waals surface area contributed by atoms with Crippen molar-refractivity contribution in [2.24, 2.45) is 0 Å². The molecule has 4 aromatic rings. The Morgan fingerprint density at radius 3 is 2.34 bits per heavy atom. The van der Waals surface area contributed by atoms with E-state index < -0.39 is 11.8 Å². The standard InChI is InChI=1S/C32H27Cl2N3O3S/c1-20-8-6-13-28(21(20)2)36-30(38)19-41-26-12-7-11-25(18-26)35-32(40)29(16-23-14-15-24(33)17-27(23)34)37-31(39)22-9-4-3-5-10-22/h3-18H,19H2,1-2H3,(H,35,40)(H,36,38)(H,37,39)/b29-16+. The van der Waals surface area contributed by atoms with Gasteiger partial charge >= 0.3 is 0 Å². The highest BCUT2D eigenvalue weighted by molar-refractivity contribution is 8.00. The number of hydrogen-bond donors (Lipinski definition) is 3. The molecule has 0 saturated heterocycles. The molecule has 0 atom stereocenters. The zero-order chi connectivity index (χ0) is 29.4. The van der Waals surface area contributed by atoms with Gasteiger partial charge in [0.2, 0.25) is 5.91 Å². The fourth-order valence-corrected chi connectivity index (χ4v) is 5.02. The summed E-state index contributed by atoms with van der Waals surface area (Å²) >= 11 is 13.7. The number of rotatable bonds is 9. The lowest BCUT2D eigenvalue weighted by atomic mass is 10.1. The summed E-state index contributed by atoms with van der Waals surface area (Å²) in [5.41, 5.74) is 4.31. The van der Waals surface area contributed by atoms with Gasteiger partial charge in [-0.1, -0.05) is 65.7 Å². The first-order valence-electron chi connectivity index (χ1n) is 12.6. The number of thioether (sulfide) groups is 1. The van der Waals surface area contributed by atoms with Crippen LogP contribution in [0.2, 0.25) is 10.0 Å². The monoisotopic (exact) mass is 603 g/mol. The summed E-state index contributed by atoms with van der Waals surface area (Å²) in [5.74, 6) is -0.934. The van der Waals surface area contributed by atoms with Gasteiger partial charge in [0.05, 0.1) is 5.75 Å². The van der Waals surface area contributed by atoms with Crippen LogP contribution in [0.25, 0.3) is 6.08 Å². The van der Waals surface area contributed by atoms with Crippen LogP contribution in [-0.4, -0.2) is 23.5 Å². The molecule has 6 nitrogen and oxygen atoms in total. The van der Waals surface area contributed by atoms with Crippen molar-refractivity contribution in [1.82, 2.24) is 5.32 Å². The van der Waals surface area contributed by atoms with Crippen molar-refractivity contribution in [2.75, 3.05) is 16.4 Å². The largest absolute Gasteiger partial charge is 0.325 e. The molecule has 0 heterocycles. The van der Waals surface area contributed by atoms with E-state index in [2.05, 4.69) is 16.0 Å². The average Bonchev–Trinajstić information content (AvgIpc) is 2.96. The molecule has 0 aliphatic carbocycles. The van der Waals surface area contributed by atoms with Crippen LogP contribution in [0.1, 0.15) is 27.0 Å². The minimum Gasteiger partial charge on any atom is -0.325 e. The molecule has 0 radical (unpaired) electrons. The molecule has 3 amide bonds. The summed E-state index contributed by atoms with van der Waals surface area (Å²) < 4.78 is 0. The van der Waals surface area contributed by atoms with E-state index in [1.54, 1.807) is 66.7 Å². The third-order valence-electron chi connectivity index (χ3n) is 6.13. The zero-order valence-corrected chi connectivity index (χ0v) is 24.7. The Labute approximate surface area is 253 Å². The van der Waals surface area contributed by atoms with Crippen molar-refractivity contribution in [3.8, 4) is 0 Å². The van der Waals surface area contributed by atoms with E-state index in [4.69, 9.17) is 23.2 Å². The average molecular weight is 605 g/mol. The van der Waals surface area contributed by atoms with Crippen molar-refractivity contribution in [1.29, 1.82) is 0 Å². The third kappa shape index (κ3) is 8.47. The molecule has 3 N–H and O–H groups in total. The van der Waals surface area contributed by atoms with Gasteiger partial charge in [0, 0.05) is 31.9 Å². The van der Waals surface area contributed by atoms with Gasteiger partial charge in [0.15, 0.2) is 0 Å². The van der Waals surface area contributed by atoms with Crippen LogP contribution in [0.15, 0.2) is 102 Å². The second kappa shape index (κ2) is 14.0. The summed E-state index contributed by atoms with van der Waals surface area (Å²) in [7, 11) is 0. The van der Waals surface area contributed by atoms with Crippen molar-refractivity contribution < 1.29 is 14.4 Å². The van der Waals surface area contributed by atoms with Crippen LogP contribution >= 0.6 is 35.0 Å². The molecule has 0 saturated carbocycles. The minimum atomic E-state index is -0.546. The van der Waals surface area contributed by atoms with Gasteiger partial charge < -0.3 is 16.0 Å². The molecule has 208 valence electrons. The van der Waals surface area contributed by atoms with Crippen LogP contribution in [0.5, 0.6) is 0 Å². The van der Waals surface area contributed by atoms with E-state index >= 15 is 0 Å². The molecule has 0 bridgehead atoms. The number of nitrogens with one attached hydrogen (secondary N) is 3. The maximum absolute atomic E-state index is 13.4. The Balaban J connectivity index is 1.48. The number of halogens is 2. The van der Waals surface area contributed by atoms with E-state index in [0.717, 1.165) is 21.7 Å². The van der Waals surface area contributed by atoms with Crippen molar-refractivity contribution in [2.45, 2.75) is 18.7 Å². The second-order valence-corrected chi connectivity index (χ2v) is 11.0. The van der Waals surface area contributed by atoms with Gasteiger partial charge in [-0.25, -0.2) is 0 Å². The van der Waals surface area contributed by atoms with E-state index in [1.807, 2.05) is 38.1 Å². The number of carbonyl (C=O) groups is 3. The summed E-state index contributed by atoms with van der Waals surface area (Å²) in [6.45, 7) is 3.97. The fraction of sp³-hybridized carbons (Fsp3) is 0.0938. The Bertz CT molecular complexity index is 1620. The third-order valence-corrected chi connectivity index (χ3v) is 7.69.